The van der Waals surface area contributed by atoms with E-state index in [-0.39, 0.29) is 18.0 Å². The van der Waals surface area contributed by atoms with Gasteiger partial charge in [0.15, 0.2) is 11.5 Å². The van der Waals surface area contributed by atoms with Crippen LogP contribution < -0.4 is 15.2 Å². The first-order valence-corrected chi connectivity index (χ1v) is 9.69. The van der Waals surface area contributed by atoms with Gasteiger partial charge in [0.25, 0.3) is 0 Å². The van der Waals surface area contributed by atoms with Gasteiger partial charge in [-0.3, -0.25) is 13.9 Å². The third-order valence-corrected chi connectivity index (χ3v) is 5.67. The molecule has 0 unspecified atom stereocenters. The number of hydrogen-bond acceptors (Lipinski definition) is 4. The van der Waals surface area contributed by atoms with Crippen LogP contribution in [-0.2, 0) is 31.4 Å². The summed E-state index contributed by atoms with van der Waals surface area (Å²) in [5.74, 6) is 1.43. The van der Waals surface area contributed by atoms with Crippen LogP contribution in [-0.4, -0.2) is 40.7 Å². The quantitative estimate of drug-likeness (QED) is 0.665. The molecule has 0 N–H and O–H groups in total. The molecule has 1 amide bonds. The lowest BCUT2D eigenvalue weighted by Gasteiger charge is -2.29. The van der Waals surface area contributed by atoms with Crippen LogP contribution >= 0.6 is 0 Å². The molecule has 0 aliphatic carbocycles. The average molecular weight is 395 g/mol. The maximum atomic E-state index is 12.9. The first-order valence-electron chi connectivity index (χ1n) is 9.69. The zero-order valence-corrected chi connectivity index (χ0v) is 17.0. The number of carbonyl (C=O) groups is 1. The summed E-state index contributed by atoms with van der Waals surface area (Å²) in [7, 11) is 4.99. The molecule has 152 valence electrons. The van der Waals surface area contributed by atoms with Gasteiger partial charge in [0, 0.05) is 33.1 Å². The number of methoxy groups -OCH3 is 2. The van der Waals surface area contributed by atoms with Crippen molar-refractivity contribution in [3.05, 3.63) is 58.0 Å². The number of para-hydroxylation sites is 2. The molecule has 7 heteroatoms. The lowest BCUT2D eigenvalue weighted by atomic mass is 9.98. The maximum absolute atomic E-state index is 12.9. The second-order valence-corrected chi connectivity index (χ2v) is 7.27. The monoisotopic (exact) mass is 395 g/mol. The Labute approximate surface area is 169 Å². The van der Waals surface area contributed by atoms with E-state index in [9.17, 15) is 9.59 Å². The molecule has 2 heterocycles. The van der Waals surface area contributed by atoms with Gasteiger partial charge in [0.2, 0.25) is 5.91 Å². The van der Waals surface area contributed by atoms with Gasteiger partial charge in [-0.15, -0.1) is 0 Å². The Morgan fingerprint density at radius 3 is 2.38 bits per heavy atom. The summed E-state index contributed by atoms with van der Waals surface area (Å²) in [5, 5.41) is 0. The Kier molecular flexibility index (Phi) is 5.05. The molecule has 0 spiro atoms. The van der Waals surface area contributed by atoms with Crippen LogP contribution in [0.2, 0.25) is 0 Å². The van der Waals surface area contributed by atoms with Crippen LogP contribution in [0.15, 0.2) is 41.2 Å². The Morgan fingerprint density at radius 2 is 1.69 bits per heavy atom. The summed E-state index contributed by atoms with van der Waals surface area (Å²) in [6.07, 6.45) is 1.06. The molecular weight excluding hydrogens is 370 g/mol. The zero-order chi connectivity index (χ0) is 20.5. The first-order chi connectivity index (χ1) is 14.0. The minimum Gasteiger partial charge on any atom is -0.493 e. The van der Waals surface area contributed by atoms with Crippen LogP contribution in [0.4, 0.5) is 0 Å². The molecule has 7 nitrogen and oxygen atoms in total. The van der Waals surface area contributed by atoms with Crippen LogP contribution in [0, 0.1) is 0 Å². The molecule has 3 aromatic rings. The molecule has 0 atom stereocenters. The van der Waals surface area contributed by atoms with E-state index in [1.165, 1.54) is 5.56 Å². The predicted molar refractivity (Wildman–Crippen MR) is 110 cm³/mol. The maximum Gasteiger partial charge on any atom is 0.328 e. The first kappa shape index (κ1) is 19.1. The molecule has 0 saturated heterocycles. The number of benzene rings is 2. The van der Waals surface area contributed by atoms with Crippen LogP contribution in [0.3, 0.4) is 0 Å². The van der Waals surface area contributed by atoms with Gasteiger partial charge in [0.05, 0.1) is 25.3 Å². The number of aromatic nitrogens is 2. The summed E-state index contributed by atoms with van der Waals surface area (Å²) in [6, 6.07) is 11.6. The van der Waals surface area contributed by atoms with Crippen LogP contribution in [0.25, 0.3) is 11.0 Å². The second kappa shape index (κ2) is 7.66. The number of rotatable bonds is 5. The second-order valence-electron chi connectivity index (χ2n) is 7.27. The van der Waals surface area contributed by atoms with Gasteiger partial charge >= 0.3 is 5.69 Å². The van der Waals surface area contributed by atoms with E-state index >= 15 is 0 Å². The zero-order valence-electron chi connectivity index (χ0n) is 17.0. The van der Waals surface area contributed by atoms with Crippen molar-refractivity contribution in [2.45, 2.75) is 25.9 Å². The van der Waals surface area contributed by atoms with E-state index in [1.807, 2.05) is 41.3 Å². The molecule has 29 heavy (non-hydrogen) atoms. The molecule has 1 aliphatic heterocycles. The number of ether oxygens (including phenoxy) is 2. The fraction of sp³-hybridized carbons (Fsp3) is 0.364. The molecular formula is C22H25N3O4. The van der Waals surface area contributed by atoms with Crippen molar-refractivity contribution in [2.75, 3.05) is 20.8 Å². The van der Waals surface area contributed by atoms with Crippen molar-refractivity contribution in [3.8, 4) is 11.5 Å². The third-order valence-electron chi connectivity index (χ3n) is 5.67. The van der Waals surface area contributed by atoms with Gasteiger partial charge in [-0.05, 0) is 41.8 Å². The topological polar surface area (TPSA) is 65.7 Å². The van der Waals surface area contributed by atoms with Gasteiger partial charge in [-0.1, -0.05) is 12.1 Å². The minimum absolute atomic E-state index is 0.0465. The SMILES string of the molecule is COc1cc2c(cc1OC)CN(C(=O)CCn1c(=O)n(C)c3ccccc31)CC2. The number of amides is 1. The third kappa shape index (κ3) is 3.37. The van der Waals surface area contributed by atoms with Crippen molar-refractivity contribution >= 4 is 16.9 Å². The Hall–Kier alpha value is -3.22. The molecule has 0 radical (unpaired) electrons. The summed E-state index contributed by atoms with van der Waals surface area (Å²) in [4.78, 5) is 27.3. The van der Waals surface area contributed by atoms with E-state index < -0.39 is 0 Å². The summed E-state index contributed by atoms with van der Waals surface area (Å²) in [5.41, 5.74) is 3.88. The van der Waals surface area contributed by atoms with E-state index in [2.05, 4.69) is 0 Å². The highest BCUT2D eigenvalue weighted by atomic mass is 16.5. The molecule has 1 aliphatic rings. The van der Waals surface area contributed by atoms with E-state index in [0.717, 1.165) is 23.0 Å². The Bertz CT molecular complexity index is 1130. The van der Waals surface area contributed by atoms with Gasteiger partial charge in [0.1, 0.15) is 0 Å². The van der Waals surface area contributed by atoms with E-state index in [4.69, 9.17) is 9.47 Å². The van der Waals surface area contributed by atoms with Gasteiger partial charge in [-0.2, -0.15) is 0 Å². The van der Waals surface area contributed by atoms with Crippen molar-refractivity contribution in [2.24, 2.45) is 7.05 Å². The normalized spacial score (nSPS) is 13.4. The predicted octanol–water partition coefficient (Wildman–Crippen LogP) is 2.33. The molecule has 0 fully saturated rings. The molecule has 4 rings (SSSR count). The van der Waals surface area contributed by atoms with E-state index in [1.54, 1.807) is 30.4 Å². The fourth-order valence-corrected chi connectivity index (χ4v) is 4.04. The Balaban J connectivity index is 1.50. The van der Waals surface area contributed by atoms with Gasteiger partial charge in [-0.25, -0.2) is 4.79 Å². The minimum atomic E-state index is -0.0974. The fourth-order valence-electron chi connectivity index (χ4n) is 4.04. The molecule has 0 saturated carbocycles. The lowest BCUT2D eigenvalue weighted by molar-refractivity contribution is -0.132. The highest BCUT2D eigenvalue weighted by molar-refractivity contribution is 5.78. The summed E-state index contributed by atoms with van der Waals surface area (Å²) in [6.45, 7) is 1.57. The standard InChI is InChI=1S/C22H25N3O4/c1-23-17-6-4-5-7-18(17)25(22(23)27)11-9-21(26)24-10-8-15-12-19(28-2)20(29-3)13-16(15)14-24/h4-7,12-13H,8-11,14H2,1-3H3. The van der Waals surface area contributed by atoms with Crippen LogP contribution in [0.5, 0.6) is 11.5 Å². The van der Waals surface area contributed by atoms with Crippen molar-refractivity contribution < 1.29 is 14.3 Å². The number of carbonyl (C=O) groups excluding carboxylic acids is 1. The van der Waals surface area contributed by atoms with Crippen molar-refractivity contribution in [1.82, 2.24) is 14.0 Å². The molecule has 1 aromatic heterocycles. The molecule has 2 aromatic carbocycles. The number of nitrogens with zero attached hydrogens (tertiary/aromatic N) is 3. The highest BCUT2D eigenvalue weighted by Gasteiger charge is 2.23. The van der Waals surface area contributed by atoms with Gasteiger partial charge < -0.3 is 14.4 Å². The average Bonchev–Trinajstić information content (AvgIpc) is 3.00. The van der Waals surface area contributed by atoms with E-state index in [0.29, 0.717) is 31.1 Å². The summed E-state index contributed by atoms with van der Waals surface area (Å²) >= 11 is 0. The number of imidazole rings is 1. The van der Waals surface area contributed by atoms with Crippen molar-refractivity contribution in [1.29, 1.82) is 0 Å². The number of fused-ring (bicyclic) bond motifs is 2. The molecule has 0 bridgehead atoms. The summed E-state index contributed by atoms with van der Waals surface area (Å²) < 4.78 is 14.1. The smallest absolute Gasteiger partial charge is 0.328 e. The lowest BCUT2D eigenvalue weighted by Crippen LogP contribution is -2.37. The largest absolute Gasteiger partial charge is 0.493 e. The number of hydrogen-bond donors (Lipinski definition) is 0. The van der Waals surface area contributed by atoms with Crippen LogP contribution in [0.1, 0.15) is 17.5 Å². The number of aryl methyl sites for hydroxylation is 2. The Morgan fingerprint density at radius 1 is 1.03 bits per heavy atom. The van der Waals surface area contributed by atoms with Crippen molar-refractivity contribution in [3.63, 3.8) is 0 Å². The highest BCUT2D eigenvalue weighted by Crippen LogP contribution is 2.33.